The fourth-order valence-electron chi connectivity index (χ4n) is 2.39. The molecule has 1 N–H and O–H groups in total. The lowest BCUT2D eigenvalue weighted by Crippen LogP contribution is -2.37. The molecule has 0 saturated heterocycles. The minimum absolute atomic E-state index is 0.102. The van der Waals surface area contributed by atoms with E-state index < -0.39 is 16.1 Å². The maximum Gasteiger partial charge on any atom is 0.252 e. The number of rotatable bonds is 6. The molecule has 1 atom stereocenters. The van der Waals surface area contributed by atoms with Crippen LogP contribution < -0.4 is 0 Å². The van der Waals surface area contributed by atoms with Crippen molar-refractivity contribution in [1.82, 2.24) is 4.31 Å². The van der Waals surface area contributed by atoms with Gasteiger partial charge in [0.2, 0.25) is 0 Å². The Kier molecular flexibility index (Phi) is 5.50. The summed E-state index contributed by atoms with van der Waals surface area (Å²) < 4.78 is 28.4. The van der Waals surface area contributed by atoms with Crippen molar-refractivity contribution in [1.29, 1.82) is 0 Å². The number of aliphatic hydroxyl groups excluding tert-OH is 1. The maximum atomic E-state index is 12.9. The Balaban J connectivity index is 2.54. The van der Waals surface area contributed by atoms with Crippen LogP contribution in [0.2, 0.25) is 5.02 Å². The highest BCUT2D eigenvalue weighted by Crippen LogP contribution is 2.37. The second-order valence-electron chi connectivity index (χ2n) is 5.37. The summed E-state index contributed by atoms with van der Waals surface area (Å²) in [5, 5.41) is 11.0. The van der Waals surface area contributed by atoms with Crippen LogP contribution in [0, 0.1) is 6.92 Å². The number of sulfonamides is 1. The van der Waals surface area contributed by atoms with Crippen molar-refractivity contribution >= 4 is 43.0 Å². The molecule has 122 valence electrons. The van der Waals surface area contributed by atoms with Gasteiger partial charge in [0.05, 0.1) is 6.10 Å². The number of nitrogens with zero attached hydrogens (tertiary/aromatic N) is 1. The SMILES string of the molecule is CCCN(CC(C)O)S(=O)(=O)c1sc2ccc(Cl)cc2c1C. The first kappa shape index (κ1) is 17.7. The van der Waals surface area contributed by atoms with Gasteiger partial charge in [0, 0.05) is 22.8 Å². The van der Waals surface area contributed by atoms with E-state index in [-0.39, 0.29) is 6.54 Å². The van der Waals surface area contributed by atoms with Crippen LogP contribution in [-0.2, 0) is 10.0 Å². The van der Waals surface area contributed by atoms with Gasteiger partial charge < -0.3 is 5.11 Å². The molecule has 22 heavy (non-hydrogen) atoms. The summed E-state index contributed by atoms with van der Waals surface area (Å²) in [6.45, 7) is 5.80. The van der Waals surface area contributed by atoms with Gasteiger partial charge in [-0.25, -0.2) is 8.42 Å². The van der Waals surface area contributed by atoms with Gasteiger partial charge in [-0.05, 0) is 49.4 Å². The topological polar surface area (TPSA) is 57.6 Å². The van der Waals surface area contributed by atoms with Crippen LogP contribution in [0.4, 0.5) is 0 Å². The van der Waals surface area contributed by atoms with E-state index in [0.29, 0.717) is 27.8 Å². The normalized spacial score (nSPS) is 13.9. The highest BCUT2D eigenvalue weighted by atomic mass is 35.5. The van der Waals surface area contributed by atoms with E-state index in [1.54, 1.807) is 26.0 Å². The molecule has 1 aromatic heterocycles. The Hall–Kier alpha value is -0.660. The van der Waals surface area contributed by atoms with Gasteiger partial charge in [0.15, 0.2) is 0 Å². The molecular formula is C15H20ClNO3S2. The lowest BCUT2D eigenvalue weighted by atomic mass is 10.2. The number of fused-ring (bicyclic) bond motifs is 1. The Labute approximate surface area is 140 Å². The molecule has 0 fully saturated rings. The molecule has 0 aliphatic heterocycles. The Morgan fingerprint density at radius 3 is 2.68 bits per heavy atom. The number of thiophene rings is 1. The number of halogens is 1. The van der Waals surface area contributed by atoms with Gasteiger partial charge in [-0.15, -0.1) is 11.3 Å². The van der Waals surface area contributed by atoms with Crippen molar-refractivity contribution in [2.75, 3.05) is 13.1 Å². The van der Waals surface area contributed by atoms with Gasteiger partial charge in [0.25, 0.3) is 10.0 Å². The predicted molar refractivity (Wildman–Crippen MR) is 92.3 cm³/mol. The van der Waals surface area contributed by atoms with Gasteiger partial charge in [-0.1, -0.05) is 18.5 Å². The van der Waals surface area contributed by atoms with Crippen LogP contribution >= 0.6 is 22.9 Å². The summed E-state index contributed by atoms with van der Waals surface area (Å²) in [6, 6.07) is 5.39. The third-order valence-electron chi connectivity index (χ3n) is 3.37. The zero-order chi connectivity index (χ0) is 16.5. The number of aryl methyl sites for hydroxylation is 1. The quantitative estimate of drug-likeness (QED) is 0.854. The molecule has 7 heteroatoms. The summed E-state index contributed by atoms with van der Waals surface area (Å²) in [4.78, 5) is 0. The van der Waals surface area contributed by atoms with E-state index in [1.165, 1.54) is 15.6 Å². The van der Waals surface area contributed by atoms with Crippen LogP contribution in [0.15, 0.2) is 22.4 Å². The first-order valence-corrected chi connectivity index (χ1v) is 9.77. The summed E-state index contributed by atoms with van der Waals surface area (Å²) >= 11 is 7.26. The molecule has 1 aromatic carbocycles. The highest BCUT2D eigenvalue weighted by molar-refractivity contribution is 7.91. The monoisotopic (exact) mass is 361 g/mol. The number of aliphatic hydroxyl groups is 1. The van der Waals surface area contributed by atoms with Gasteiger partial charge in [-0.2, -0.15) is 4.31 Å². The largest absolute Gasteiger partial charge is 0.392 e. The fourth-order valence-corrected chi connectivity index (χ4v) is 6.05. The Morgan fingerprint density at radius 1 is 1.41 bits per heavy atom. The van der Waals surface area contributed by atoms with Crippen LogP contribution in [-0.4, -0.2) is 37.0 Å². The van der Waals surface area contributed by atoms with E-state index in [9.17, 15) is 13.5 Å². The van der Waals surface area contributed by atoms with Gasteiger partial charge in [-0.3, -0.25) is 0 Å². The zero-order valence-corrected chi connectivity index (χ0v) is 15.2. The van der Waals surface area contributed by atoms with E-state index in [1.807, 2.05) is 13.0 Å². The molecule has 0 spiro atoms. The molecule has 2 rings (SSSR count). The highest BCUT2D eigenvalue weighted by Gasteiger charge is 2.29. The molecular weight excluding hydrogens is 342 g/mol. The number of hydrogen-bond donors (Lipinski definition) is 1. The Morgan fingerprint density at radius 2 is 2.09 bits per heavy atom. The van der Waals surface area contributed by atoms with Crippen molar-refractivity contribution < 1.29 is 13.5 Å². The summed E-state index contributed by atoms with van der Waals surface area (Å²) in [7, 11) is -3.61. The molecule has 0 aliphatic carbocycles. The lowest BCUT2D eigenvalue weighted by molar-refractivity contribution is 0.163. The fraction of sp³-hybridized carbons (Fsp3) is 0.467. The third kappa shape index (κ3) is 3.46. The standard InChI is InChI=1S/C15H20ClNO3S2/c1-4-7-17(9-10(2)18)22(19,20)15-11(3)13-8-12(16)5-6-14(13)21-15/h5-6,8,10,18H,4,7,9H2,1-3H3. The van der Waals surface area contributed by atoms with Crippen LogP contribution in [0.5, 0.6) is 0 Å². The van der Waals surface area contributed by atoms with Crippen molar-refractivity contribution in [3.05, 3.63) is 28.8 Å². The first-order valence-electron chi connectivity index (χ1n) is 7.14. The molecule has 2 aromatic rings. The Bertz CT molecular complexity index is 768. The van der Waals surface area contributed by atoms with Crippen LogP contribution in [0.1, 0.15) is 25.8 Å². The van der Waals surface area contributed by atoms with E-state index in [4.69, 9.17) is 11.6 Å². The van der Waals surface area contributed by atoms with Gasteiger partial charge >= 0.3 is 0 Å². The molecule has 4 nitrogen and oxygen atoms in total. The molecule has 0 saturated carbocycles. The molecule has 0 radical (unpaired) electrons. The minimum Gasteiger partial charge on any atom is -0.392 e. The first-order chi connectivity index (χ1) is 10.3. The summed E-state index contributed by atoms with van der Waals surface area (Å²) in [6.07, 6.45) is -0.00713. The van der Waals surface area contributed by atoms with Crippen LogP contribution in [0.25, 0.3) is 10.1 Å². The second-order valence-corrected chi connectivity index (χ2v) is 8.99. The van der Waals surface area contributed by atoms with Crippen molar-refractivity contribution in [2.24, 2.45) is 0 Å². The average Bonchev–Trinajstić information content (AvgIpc) is 2.76. The average molecular weight is 362 g/mol. The second kappa shape index (κ2) is 6.84. The van der Waals surface area contributed by atoms with E-state index >= 15 is 0 Å². The maximum absolute atomic E-state index is 12.9. The summed E-state index contributed by atoms with van der Waals surface area (Å²) in [5.41, 5.74) is 0.717. The number of benzene rings is 1. The van der Waals surface area contributed by atoms with Crippen molar-refractivity contribution in [3.8, 4) is 0 Å². The van der Waals surface area contributed by atoms with Crippen LogP contribution in [0.3, 0.4) is 0 Å². The summed E-state index contributed by atoms with van der Waals surface area (Å²) in [5.74, 6) is 0. The lowest BCUT2D eigenvalue weighted by Gasteiger charge is -2.22. The smallest absolute Gasteiger partial charge is 0.252 e. The molecule has 0 aliphatic rings. The number of hydrogen-bond acceptors (Lipinski definition) is 4. The molecule has 0 bridgehead atoms. The van der Waals surface area contributed by atoms with E-state index in [2.05, 4.69) is 0 Å². The molecule has 0 amide bonds. The van der Waals surface area contributed by atoms with Crippen molar-refractivity contribution in [2.45, 2.75) is 37.5 Å². The molecule has 1 unspecified atom stereocenters. The zero-order valence-electron chi connectivity index (χ0n) is 12.8. The van der Waals surface area contributed by atoms with Crippen molar-refractivity contribution in [3.63, 3.8) is 0 Å². The third-order valence-corrected chi connectivity index (χ3v) is 7.34. The van der Waals surface area contributed by atoms with Gasteiger partial charge in [0.1, 0.15) is 4.21 Å². The predicted octanol–water partition coefficient (Wildman–Crippen LogP) is 3.64. The minimum atomic E-state index is -3.61. The molecule has 1 heterocycles. The van der Waals surface area contributed by atoms with E-state index in [0.717, 1.165) is 10.1 Å².